The van der Waals surface area contributed by atoms with E-state index in [-0.39, 0.29) is 16.9 Å². The van der Waals surface area contributed by atoms with Gasteiger partial charge in [-0.05, 0) is 37.5 Å². The van der Waals surface area contributed by atoms with Crippen molar-refractivity contribution >= 4 is 11.6 Å². The molecule has 2 atom stereocenters. The number of imidazole rings is 1. The molecule has 2 unspecified atom stereocenters. The number of fused-ring (bicyclic) bond motifs is 1. The molecule has 1 aliphatic heterocycles. The molecule has 1 aliphatic rings. The van der Waals surface area contributed by atoms with Crippen LogP contribution in [-0.2, 0) is 6.54 Å². The van der Waals surface area contributed by atoms with Gasteiger partial charge in [0.15, 0.2) is 0 Å². The van der Waals surface area contributed by atoms with E-state index < -0.39 is 0 Å². The molecule has 1 aromatic heterocycles. The van der Waals surface area contributed by atoms with Gasteiger partial charge in [0.05, 0.1) is 5.02 Å². The summed E-state index contributed by atoms with van der Waals surface area (Å²) >= 11 is 5.84. The number of aryl methyl sites for hydroxylation is 1. The minimum Gasteiger partial charge on any atom is -0.335 e. The average molecular weight is 308 g/mol. The third kappa shape index (κ3) is 3.11. The largest absolute Gasteiger partial charge is 0.335 e. The van der Waals surface area contributed by atoms with Gasteiger partial charge in [0.2, 0.25) is 0 Å². The fourth-order valence-electron chi connectivity index (χ4n) is 2.92. The molecule has 3 nitrogen and oxygen atoms in total. The van der Waals surface area contributed by atoms with Crippen LogP contribution in [0.25, 0.3) is 0 Å². The number of hydrogen-bond donors (Lipinski definition) is 1. The van der Waals surface area contributed by atoms with E-state index in [0.717, 1.165) is 30.9 Å². The summed E-state index contributed by atoms with van der Waals surface area (Å²) in [5, 5.41) is 3.69. The molecule has 5 heteroatoms. The van der Waals surface area contributed by atoms with E-state index in [1.165, 1.54) is 12.5 Å². The normalized spacial score (nSPS) is 19.3. The molecule has 3 rings (SSSR count). The second kappa shape index (κ2) is 6.16. The maximum atomic E-state index is 13.2. The van der Waals surface area contributed by atoms with Crippen LogP contribution >= 0.6 is 11.6 Å². The zero-order valence-electron chi connectivity index (χ0n) is 12.0. The van der Waals surface area contributed by atoms with Crippen LogP contribution in [0.5, 0.6) is 0 Å². The van der Waals surface area contributed by atoms with Gasteiger partial charge in [-0.25, -0.2) is 9.37 Å². The van der Waals surface area contributed by atoms with Crippen LogP contribution in [0.3, 0.4) is 0 Å². The van der Waals surface area contributed by atoms with E-state index in [9.17, 15) is 4.39 Å². The molecule has 0 radical (unpaired) electrons. The monoisotopic (exact) mass is 307 g/mol. The lowest BCUT2D eigenvalue weighted by Gasteiger charge is -2.25. The van der Waals surface area contributed by atoms with Crippen LogP contribution < -0.4 is 5.32 Å². The molecule has 1 aromatic carbocycles. The summed E-state index contributed by atoms with van der Waals surface area (Å²) in [5.74, 6) is 1.23. The first-order valence-corrected chi connectivity index (χ1v) is 7.72. The van der Waals surface area contributed by atoms with Crippen molar-refractivity contribution in [2.75, 3.05) is 6.54 Å². The number of halogens is 2. The molecule has 112 valence electrons. The topological polar surface area (TPSA) is 29.9 Å². The highest BCUT2D eigenvalue weighted by atomic mass is 35.5. The summed E-state index contributed by atoms with van der Waals surface area (Å²) in [7, 11) is 0. The second-order valence-corrected chi connectivity index (χ2v) is 6.03. The van der Waals surface area contributed by atoms with Gasteiger partial charge in [-0.3, -0.25) is 0 Å². The van der Waals surface area contributed by atoms with Crippen LogP contribution in [0, 0.1) is 5.82 Å². The molecule has 1 N–H and O–H groups in total. The van der Waals surface area contributed by atoms with Crippen molar-refractivity contribution in [1.29, 1.82) is 0 Å². The fraction of sp³-hybridized carbons (Fsp3) is 0.438. The highest BCUT2D eigenvalue weighted by Gasteiger charge is 2.21. The summed E-state index contributed by atoms with van der Waals surface area (Å²) < 4.78 is 15.4. The number of aromatic nitrogens is 2. The van der Waals surface area contributed by atoms with Crippen molar-refractivity contribution in [3.8, 4) is 0 Å². The van der Waals surface area contributed by atoms with Gasteiger partial charge in [-0.15, -0.1) is 0 Å². The van der Waals surface area contributed by atoms with Gasteiger partial charge in [0.1, 0.15) is 11.6 Å². The molecule has 0 fully saturated rings. The lowest BCUT2D eigenvalue weighted by Crippen LogP contribution is -2.28. The van der Waals surface area contributed by atoms with Crippen LogP contribution in [0.1, 0.15) is 43.1 Å². The van der Waals surface area contributed by atoms with Gasteiger partial charge in [-0.1, -0.05) is 17.7 Å². The summed E-state index contributed by atoms with van der Waals surface area (Å²) in [5.41, 5.74) is 1.00. The van der Waals surface area contributed by atoms with Crippen molar-refractivity contribution < 1.29 is 4.39 Å². The molecule has 0 saturated heterocycles. The first-order valence-electron chi connectivity index (χ1n) is 7.34. The summed E-state index contributed by atoms with van der Waals surface area (Å²) in [6.45, 7) is 4.00. The number of nitrogens with zero attached hydrogens (tertiary/aromatic N) is 2. The predicted octanol–water partition coefficient (Wildman–Crippen LogP) is 3.90. The molecule has 0 amide bonds. The molecule has 2 aromatic rings. The van der Waals surface area contributed by atoms with E-state index in [2.05, 4.69) is 21.8 Å². The smallest absolute Gasteiger partial charge is 0.141 e. The number of rotatable bonds is 4. The van der Waals surface area contributed by atoms with Crippen LogP contribution in [0.15, 0.2) is 30.6 Å². The minimum absolute atomic E-state index is 0.133. The van der Waals surface area contributed by atoms with Crippen LogP contribution in [0.4, 0.5) is 4.39 Å². The van der Waals surface area contributed by atoms with Gasteiger partial charge >= 0.3 is 0 Å². The Balaban J connectivity index is 1.64. The number of benzene rings is 1. The first kappa shape index (κ1) is 14.5. The molecule has 0 spiro atoms. The standard InChI is InChI=1S/C16H19ClFN3/c1-11(12-4-5-15(18)14(17)9-12)20-10-13-3-2-7-21-8-6-19-16(13)21/h4-6,8-9,11,13,20H,2-3,7,10H2,1H3. The Morgan fingerprint density at radius 2 is 2.38 bits per heavy atom. The summed E-state index contributed by atoms with van der Waals surface area (Å²) in [6, 6.07) is 5.02. The van der Waals surface area contributed by atoms with Crippen LogP contribution in [0.2, 0.25) is 5.02 Å². The van der Waals surface area contributed by atoms with Gasteiger partial charge in [0, 0.05) is 37.4 Å². The van der Waals surface area contributed by atoms with Crippen LogP contribution in [-0.4, -0.2) is 16.1 Å². The fourth-order valence-corrected chi connectivity index (χ4v) is 3.11. The molecule has 2 heterocycles. The third-order valence-corrected chi connectivity index (χ3v) is 4.47. The molecule has 0 saturated carbocycles. The average Bonchev–Trinajstić information content (AvgIpc) is 2.96. The quantitative estimate of drug-likeness (QED) is 0.928. The minimum atomic E-state index is -0.373. The molecule has 0 aliphatic carbocycles. The summed E-state index contributed by atoms with van der Waals surface area (Å²) in [4.78, 5) is 4.47. The molecular formula is C16H19ClFN3. The molecular weight excluding hydrogens is 289 g/mol. The van der Waals surface area contributed by atoms with E-state index in [1.54, 1.807) is 12.1 Å². The van der Waals surface area contributed by atoms with Crippen molar-refractivity contribution in [3.63, 3.8) is 0 Å². The zero-order chi connectivity index (χ0) is 14.8. The summed E-state index contributed by atoms with van der Waals surface area (Å²) in [6.07, 6.45) is 6.26. The Morgan fingerprint density at radius 1 is 1.52 bits per heavy atom. The first-order chi connectivity index (χ1) is 10.1. The Bertz CT molecular complexity index is 626. The van der Waals surface area contributed by atoms with Crippen molar-refractivity contribution in [3.05, 3.63) is 52.8 Å². The van der Waals surface area contributed by atoms with E-state index >= 15 is 0 Å². The Labute approximate surface area is 129 Å². The lowest BCUT2D eigenvalue weighted by molar-refractivity contribution is 0.408. The second-order valence-electron chi connectivity index (χ2n) is 5.62. The van der Waals surface area contributed by atoms with Crippen molar-refractivity contribution in [2.24, 2.45) is 0 Å². The zero-order valence-corrected chi connectivity index (χ0v) is 12.8. The maximum absolute atomic E-state index is 13.2. The Hall–Kier alpha value is -1.39. The van der Waals surface area contributed by atoms with E-state index in [1.807, 2.05) is 12.4 Å². The Kier molecular flexibility index (Phi) is 4.27. The van der Waals surface area contributed by atoms with Crippen molar-refractivity contribution in [2.45, 2.75) is 38.3 Å². The number of nitrogens with one attached hydrogen (secondary N) is 1. The van der Waals surface area contributed by atoms with Gasteiger partial charge < -0.3 is 9.88 Å². The maximum Gasteiger partial charge on any atom is 0.141 e. The highest BCUT2D eigenvalue weighted by Crippen LogP contribution is 2.26. The number of hydrogen-bond acceptors (Lipinski definition) is 2. The van der Waals surface area contributed by atoms with Gasteiger partial charge in [0.25, 0.3) is 0 Å². The van der Waals surface area contributed by atoms with Gasteiger partial charge in [-0.2, -0.15) is 0 Å². The van der Waals surface area contributed by atoms with E-state index in [4.69, 9.17) is 11.6 Å². The van der Waals surface area contributed by atoms with Crippen molar-refractivity contribution in [1.82, 2.24) is 14.9 Å². The SMILES string of the molecule is CC(NCC1CCCn2ccnc21)c1ccc(F)c(Cl)c1. The molecule has 21 heavy (non-hydrogen) atoms. The highest BCUT2D eigenvalue weighted by molar-refractivity contribution is 6.30. The predicted molar refractivity (Wildman–Crippen MR) is 82.0 cm³/mol. The molecule has 0 bridgehead atoms. The lowest BCUT2D eigenvalue weighted by atomic mass is 9.98. The van der Waals surface area contributed by atoms with E-state index in [0.29, 0.717) is 5.92 Å². The Morgan fingerprint density at radius 3 is 3.19 bits per heavy atom. The third-order valence-electron chi connectivity index (χ3n) is 4.18.